The molecule has 0 saturated heterocycles. The number of ether oxygens (including phenoxy) is 1. The van der Waals surface area contributed by atoms with Crippen LogP contribution in [0.4, 0.5) is 0 Å². The summed E-state index contributed by atoms with van der Waals surface area (Å²) in [6.45, 7) is 6.02. The third kappa shape index (κ3) is 2.79. The van der Waals surface area contributed by atoms with Crippen LogP contribution in [0.1, 0.15) is 33.9 Å². The van der Waals surface area contributed by atoms with Gasteiger partial charge in [-0.15, -0.1) is 0 Å². The molecule has 2 heteroatoms. The lowest BCUT2D eigenvalue weighted by molar-refractivity contribution is 0.219. The van der Waals surface area contributed by atoms with Crippen molar-refractivity contribution in [2.75, 3.05) is 7.11 Å². The Kier molecular flexibility index (Phi) is 3.91. The van der Waals surface area contributed by atoms with Gasteiger partial charge in [-0.3, -0.25) is 0 Å². The molecular formula is C17H20O2. The standard InChI is InChI=1S/C17H20O2/c1-11-6-5-7-14(8-11)17(18)15-9-13(3)16(19-4)10-12(15)2/h5-10,17-18H,1-4H3. The third-order valence-electron chi connectivity index (χ3n) is 3.44. The van der Waals surface area contributed by atoms with Crippen LogP contribution >= 0.6 is 0 Å². The molecular weight excluding hydrogens is 236 g/mol. The SMILES string of the molecule is COc1cc(C)c(C(O)c2cccc(C)c2)cc1C. The van der Waals surface area contributed by atoms with Gasteiger partial charge in [-0.1, -0.05) is 29.8 Å². The molecule has 100 valence electrons. The molecule has 0 aliphatic heterocycles. The summed E-state index contributed by atoms with van der Waals surface area (Å²) in [6, 6.07) is 12.0. The average Bonchev–Trinajstić information content (AvgIpc) is 2.40. The Bertz CT molecular complexity index is 588. The van der Waals surface area contributed by atoms with Crippen molar-refractivity contribution in [3.05, 3.63) is 64.2 Å². The van der Waals surface area contributed by atoms with Gasteiger partial charge in [-0.05, 0) is 55.2 Å². The number of aliphatic hydroxyl groups excluding tert-OH is 1. The van der Waals surface area contributed by atoms with E-state index in [-0.39, 0.29) is 0 Å². The van der Waals surface area contributed by atoms with Crippen LogP contribution in [0.2, 0.25) is 0 Å². The lowest BCUT2D eigenvalue weighted by atomic mass is 9.94. The Balaban J connectivity index is 2.44. The number of aryl methyl sites for hydroxylation is 3. The van der Waals surface area contributed by atoms with E-state index in [9.17, 15) is 5.11 Å². The first-order chi connectivity index (χ1) is 9.02. The lowest BCUT2D eigenvalue weighted by Crippen LogP contribution is -2.03. The molecule has 2 nitrogen and oxygen atoms in total. The highest BCUT2D eigenvalue weighted by molar-refractivity contribution is 5.45. The quantitative estimate of drug-likeness (QED) is 0.907. The molecule has 0 saturated carbocycles. The van der Waals surface area contributed by atoms with Crippen LogP contribution in [0.3, 0.4) is 0 Å². The van der Waals surface area contributed by atoms with Crippen molar-refractivity contribution in [2.24, 2.45) is 0 Å². The van der Waals surface area contributed by atoms with Crippen LogP contribution in [-0.2, 0) is 0 Å². The Hall–Kier alpha value is -1.80. The maximum Gasteiger partial charge on any atom is 0.122 e. The van der Waals surface area contributed by atoms with Crippen molar-refractivity contribution < 1.29 is 9.84 Å². The van der Waals surface area contributed by atoms with Gasteiger partial charge in [0.2, 0.25) is 0 Å². The smallest absolute Gasteiger partial charge is 0.122 e. The van der Waals surface area contributed by atoms with Gasteiger partial charge in [0.15, 0.2) is 0 Å². The van der Waals surface area contributed by atoms with E-state index in [1.165, 1.54) is 0 Å². The molecule has 1 N–H and O–H groups in total. The number of rotatable bonds is 3. The molecule has 0 bridgehead atoms. The molecule has 2 aromatic carbocycles. The van der Waals surface area contributed by atoms with Crippen molar-refractivity contribution in [1.82, 2.24) is 0 Å². The van der Waals surface area contributed by atoms with Crippen molar-refractivity contribution in [3.63, 3.8) is 0 Å². The van der Waals surface area contributed by atoms with Gasteiger partial charge < -0.3 is 9.84 Å². The van der Waals surface area contributed by atoms with Gasteiger partial charge in [-0.25, -0.2) is 0 Å². The minimum Gasteiger partial charge on any atom is -0.496 e. The number of benzene rings is 2. The molecule has 2 aromatic rings. The van der Waals surface area contributed by atoms with E-state index >= 15 is 0 Å². The molecule has 0 heterocycles. The molecule has 1 unspecified atom stereocenters. The van der Waals surface area contributed by atoms with E-state index in [2.05, 4.69) is 0 Å². The summed E-state index contributed by atoms with van der Waals surface area (Å²) < 4.78 is 5.30. The van der Waals surface area contributed by atoms with Gasteiger partial charge >= 0.3 is 0 Å². The summed E-state index contributed by atoms with van der Waals surface area (Å²) in [7, 11) is 1.67. The van der Waals surface area contributed by atoms with Crippen LogP contribution in [0, 0.1) is 20.8 Å². The third-order valence-corrected chi connectivity index (χ3v) is 3.44. The highest BCUT2D eigenvalue weighted by atomic mass is 16.5. The number of hydrogen-bond donors (Lipinski definition) is 1. The molecule has 2 rings (SSSR count). The minimum atomic E-state index is -0.593. The highest BCUT2D eigenvalue weighted by Crippen LogP contribution is 2.30. The normalized spacial score (nSPS) is 12.3. The molecule has 0 aliphatic carbocycles. The monoisotopic (exact) mass is 256 g/mol. The minimum absolute atomic E-state index is 0.593. The number of aliphatic hydroxyl groups is 1. The zero-order chi connectivity index (χ0) is 14.0. The predicted octanol–water partition coefficient (Wildman–Crippen LogP) is 3.70. The van der Waals surface area contributed by atoms with Crippen LogP contribution in [0.25, 0.3) is 0 Å². The summed E-state index contributed by atoms with van der Waals surface area (Å²) >= 11 is 0. The Labute approximate surface area is 114 Å². The zero-order valence-corrected chi connectivity index (χ0v) is 11.9. The summed E-state index contributed by atoms with van der Waals surface area (Å²) in [6.07, 6.45) is -0.593. The molecule has 0 aliphatic rings. The Morgan fingerprint density at radius 1 is 1.00 bits per heavy atom. The molecule has 0 amide bonds. The van der Waals surface area contributed by atoms with Gasteiger partial charge in [0, 0.05) is 0 Å². The van der Waals surface area contributed by atoms with E-state index in [1.54, 1.807) is 7.11 Å². The zero-order valence-electron chi connectivity index (χ0n) is 11.9. The van der Waals surface area contributed by atoms with E-state index in [4.69, 9.17) is 4.74 Å². The van der Waals surface area contributed by atoms with E-state index < -0.39 is 6.10 Å². The summed E-state index contributed by atoms with van der Waals surface area (Å²) in [5, 5.41) is 10.5. The Morgan fingerprint density at radius 2 is 1.74 bits per heavy atom. The highest BCUT2D eigenvalue weighted by Gasteiger charge is 2.15. The van der Waals surface area contributed by atoms with Gasteiger partial charge in [0.05, 0.1) is 7.11 Å². The largest absolute Gasteiger partial charge is 0.496 e. The first-order valence-electron chi connectivity index (χ1n) is 6.42. The van der Waals surface area contributed by atoms with Gasteiger partial charge in [-0.2, -0.15) is 0 Å². The van der Waals surface area contributed by atoms with E-state index in [0.717, 1.165) is 33.6 Å². The molecule has 0 fully saturated rings. The fourth-order valence-corrected chi connectivity index (χ4v) is 2.35. The molecule has 1 atom stereocenters. The number of methoxy groups -OCH3 is 1. The second-order valence-electron chi connectivity index (χ2n) is 5.00. The van der Waals surface area contributed by atoms with E-state index in [0.29, 0.717) is 0 Å². The van der Waals surface area contributed by atoms with Crippen molar-refractivity contribution in [3.8, 4) is 5.75 Å². The van der Waals surface area contributed by atoms with E-state index in [1.807, 2.05) is 57.2 Å². The van der Waals surface area contributed by atoms with Crippen LogP contribution in [0.15, 0.2) is 36.4 Å². The molecule has 0 aromatic heterocycles. The first kappa shape index (κ1) is 13.6. The van der Waals surface area contributed by atoms with Crippen LogP contribution in [0.5, 0.6) is 5.75 Å². The van der Waals surface area contributed by atoms with Gasteiger partial charge in [0.25, 0.3) is 0 Å². The summed E-state index contributed by atoms with van der Waals surface area (Å²) in [4.78, 5) is 0. The van der Waals surface area contributed by atoms with Crippen LogP contribution in [-0.4, -0.2) is 12.2 Å². The first-order valence-corrected chi connectivity index (χ1v) is 6.42. The van der Waals surface area contributed by atoms with Crippen LogP contribution < -0.4 is 4.74 Å². The number of hydrogen-bond acceptors (Lipinski definition) is 2. The predicted molar refractivity (Wildman–Crippen MR) is 77.7 cm³/mol. The maximum atomic E-state index is 10.5. The topological polar surface area (TPSA) is 29.5 Å². The maximum absolute atomic E-state index is 10.5. The Morgan fingerprint density at radius 3 is 2.37 bits per heavy atom. The van der Waals surface area contributed by atoms with Gasteiger partial charge in [0.1, 0.15) is 11.9 Å². The summed E-state index contributed by atoms with van der Waals surface area (Å²) in [5.74, 6) is 0.859. The lowest BCUT2D eigenvalue weighted by Gasteiger charge is -2.17. The average molecular weight is 256 g/mol. The van der Waals surface area contributed by atoms with Crippen molar-refractivity contribution >= 4 is 0 Å². The second-order valence-corrected chi connectivity index (χ2v) is 5.00. The fourth-order valence-electron chi connectivity index (χ4n) is 2.35. The fraction of sp³-hybridized carbons (Fsp3) is 0.294. The van der Waals surface area contributed by atoms with Crippen molar-refractivity contribution in [1.29, 1.82) is 0 Å². The summed E-state index contributed by atoms with van der Waals surface area (Å²) in [5.41, 5.74) is 5.09. The molecule has 0 spiro atoms. The second kappa shape index (κ2) is 5.45. The van der Waals surface area contributed by atoms with Crippen molar-refractivity contribution in [2.45, 2.75) is 26.9 Å². The molecule has 19 heavy (non-hydrogen) atoms. The molecule has 0 radical (unpaired) electrons.